The third-order valence-corrected chi connectivity index (χ3v) is 2.91. The maximum absolute atomic E-state index is 12.1. The molecule has 0 unspecified atom stereocenters. The molecule has 2 aromatic rings. The standard InChI is InChI=1S/C11H6BrF3N6O/c12-8-3-7(22-11(13,14)15)1-2-9(8)17-5-6(4-16)10-18-20-21-19-10/h1-3,5,17H,(H,18,19,20,21). The minimum absolute atomic E-state index is 0.0862. The number of benzene rings is 1. The average molecular weight is 375 g/mol. The van der Waals surface area contributed by atoms with Crippen molar-refractivity contribution in [2.75, 3.05) is 5.32 Å². The van der Waals surface area contributed by atoms with Gasteiger partial charge in [-0.25, -0.2) is 0 Å². The number of H-pyrrole nitrogens is 1. The number of tetrazole rings is 1. The number of halogens is 4. The number of hydrogen-bond acceptors (Lipinski definition) is 6. The van der Waals surface area contributed by atoms with E-state index in [0.717, 1.165) is 12.1 Å². The monoisotopic (exact) mass is 374 g/mol. The molecule has 0 amide bonds. The molecule has 11 heteroatoms. The highest BCUT2D eigenvalue weighted by Gasteiger charge is 2.31. The zero-order valence-corrected chi connectivity index (χ0v) is 12.1. The number of anilines is 1. The number of aromatic amines is 1. The van der Waals surface area contributed by atoms with Crippen LogP contribution in [0.4, 0.5) is 18.9 Å². The molecule has 0 spiro atoms. The summed E-state index contributed by atoms with van der Waals surface area (Å²) in [7, 11) is 0. The number of nitriles is 1. The number of allylic oxidation sites excluding steroid dienone is 1. The summed E-state index contributed by atoms with van der Waals surface area (Å²) in [4.78, 5) is 0. The Morgan fingerprint density at radius 1 is 1.45 bits per heavy atom. The molecule has 7 nitrogen and oxygen atoms in total. The van der Waals surface area contributed by atoms with Crippen LogP contribution in [0.2, 0.25) is 0 Å². The molecule has 0 fully saturated rings. The predicted octanol–water partition coefficient (Wildman–Crippen LogP) is 2.84. The SMILES string of the molecule is N#CC(=CNc1ccc(OC(F)(F)F)cc1Br)c1nn[nH]n1. The van der Waals surface area contributed by atoms with Gasteiger partial charge in [0.25, 0.3) is 0 Å². The quantitative estimate of drug-likeness (QED) is 0.798. The van der Waals surface area contributed by atoms with Gasteiger partial charge in [0.2, 0.25) is 5.82 Å². The van der Waals surface area contributed by atoms with E-state index in [-0.39, 0.29) is 17.1 Å². The number of aromatic nitrogens is 4. The Morgan fingerprint density at radius 3 is 2.77 bits per heavy atom. The molecular formula is C11H6BrF3N6O. The molecule has 22 heavy (non-hydrogen) atoms. The summed E-state index contributed by atoms with van der Waals surface area (Å²) in [6.07, 6.45) is -3.46. The number of rotatable bonds is 4. The lowest BCUT2D eigenvalue weighted by Gasteiger charge is -2.11. The van der Waals surface area contributed by atoms with Crippen LogP contribution in [-0.4, -0.2) is 27.0 Å². The maximum atomic E-state index is 12.1. The van der Waals surface area contributed by atoms with E-state index < -0.39 is 6.36 Å². The average Bonchev–Trinajstić information content (AvgIpc) is 2.94. The van der Waals surface area contributed by atoms with E-state index in [4.69, 9.17) is 5.26 Å². The molecule has 0 atom stereocenters. The van der Waals surface area contributed by atoms with Crippen LogP contribution in [0.5, 0.6) is 5.75 Å². The third kappa shape index (κ3) is 4.19. The lowest BCUT2D eigenvalue weighted by Crippen LogP contribution is -2.17. The van der Waals surface area contributed by atoms with Gasteiger partial charge in [-0.3, -0.25) is 0 Å². The Bertz CT molecular complexity index is 722. The summed E-state index contributed by atoms with van der Waals surface area (Å²) < 4.78 is 40.4. The second kappa shape index (κ2) is 6.44. The van der Waals surface area contributed by atoms with Gasteiger partial charge in [0, 0.05) is 10.7 Å². The molecular weight excluding hydrogens is 369 g/mol. The molecule has 1 aromatic carbocycles. The second-order valence-corrected chi connectivity index (χ2v) is 4.59. The van der Waals surface area contributed by atoms with Gasteiger partial charge in [0.15, 0.2) is 0 Å². The maximum Gasteiger partial charge on any atom is 0.573 e. The highest BCUT2D eigenvalue weighted by Crippen LogP contribution is 2.30. The largest absolute Gasteiger partial charge is 0.573 e. The fraction of sp³-hybridized carbons (Fsp3) is 0.0909. The van der Waals surface area contributed by atoms with E-state index in [1.807, 2.05) is 6.07 Å². The Balaban J connectivity index is 2.15. The highest BCUT2D eigenvalue weighted by atomic mass is 79.9. The predicted molar refractivity (Wildman–Crippen MR) is 72.2 cm³/mol. The Labute approximate surface area is 129 Å². The first-order valence-corrected chi connectivity index (χ1v) is 6.34. The smallest absolute Gasteiger partial charge is 0.406 e. The lowest BCUT2D eigenvalue weighted by molar-refractivity contribution is -0.274. The van der Waals surface area contributed by atoms with Gasteiger partial charge >= 0.3 is 6.36 Å². The van der Waals surface area contributed by atoms with Crippen LogP contribution in [0.25, 0.3) is 5.57 Å². The van der Waals surface area contributed by atoms with Crippen LogP contribution >= 0.6 is 15.9 Å². The minimum atomic E-state index is -4.76. The first kappa shape index (κ1) is 15.8. The van der Waals surface area contributed by atoms with Gasteiger partial charge in [0.1, 0.15) is 17.4 Å². The minimum Gasteiger partial charge on any atom is -0.406 e. The second-order valence-electron chi connectivity index (χ2n) is 3.74. The van der Waals surface area contributed by atoms with Crippen molar-refractivity contribution in [3.8, 4) is 11.8 Å². The van der Waals surface area contributed by atoms with Gasteiger partial charge in [-0.2, -0.15) is 10.5 Å². The van der Waals surface area contributed by atoms with Crippen LogP contribution in [-0.2, 0) is 0 Å². The van der Waals surface area contributed by atoms with Crippen LogP contribution in [0.1, 0.15) is 5.82 Å². The number of hydrogen-bond donors (Lipinski definition) is 2. The van der Waals surface area contributed by atoms with E-state index in [0.29, 0.717) is 10.2 Å². The van der Waals surface area contributed by atoms with Gasteiger partial charge in [0.05, 0.1) is 5.69 Å². The van der Waals surface area contributed by atoms with Crippen molar-refractivity contribution in [3.05, 3.63) is 34.7 Å². The Hall–Kier alpha value is -2.61. The van der Waals surface area contributed by atoms with E-state index in [1.54, 1.807) is 0 Å². The van der Waals surface area contributed by atoms with Gasteiger partial charge in [-0.1, -0.05) is 0 Å². The van der Waals surface area contributed by atoms with E-state index in [1.165, 1.54) is 12.3 Å². The Kier molecular flexibility index (Phi) is 4.62. The van der Waals surface area contributed by atoms with Crippen molar-refractivity contribution < 1.29 is 17.9 Å². The molecule has 0 saturated carbocycles. The first-order chi connectivity index (χ1) is 10.4. The summed E-state index contributed by atoms with van der Waals surface area (Å²) in [5, 5.41) is 24.5. The fourth-order valence-corrected chi connectivity index (χ4v) is 1.85. The van der Waals surface area contributed by atoms with Gasteiger partial charge in [-0.15, -0.1) is 23.4 Å². The van der Waals surface area contributed by atoms with Crippen LogP contribution in [0, 0.1) is 11.3 Å². The molecule has 0 aliphatic heterocycles. The van der Waals surface area contributed by atoms with Crippen molar-refractivity contribution in [2.24, 2.45) is 0 Å². The molecule has 114 valence electrons. The van der Waals surface area contributed by atoms with Crippen molar-refractivity contribution >= 4 is 27.2 Å². The molecule has 0 aliphatic carbocycles. The molecule has 2 rings (SSSR count). The van der Waals surface area contributed by atoms with Crippen molar-refractivity contribution in [3.63, 3.8) is 0 Å². The molecule has 1 aromatic heterocycles. The van der Waals surface area contributed by atoms with Gasteiger partial charge < -0.3 is 10.1 Å². The van der Waals surface area contributed by atoms with E-state index in [9.17, 15) is 13.2 Å². The van der Waals surface area contributed by atoms with Crippen molar-refractivity contribution in [2.45, 2.75) is 6.36 Å². The highest BCUT2D eigenvalue weighted by molar-refractivity contribution is 9.10. The summed E-state index contributed by atoms with van der Waals surface area (Å²) >= 11 is 3.10. The molecule has 2 N–H and O–H groups in total. The first-order valence-electron chi connectivity index (χ1n) is 5.55. The summed E-state index contributed by atoms with van der Waals surface area (Å²) in [6.45, 7) is 0. The van der Waals surface area contributed by atoms with Crippen molar-refractivity contribution in [1.82, 2.24) is 20.6 Å². The zero-order chi connectivity index (χ0) is 16.2. The summed E-state index contributed by atoms with van der Waals surface area (Å²) in [5.74, 6) is -0.282. The number of nitrogens with zero attached hydrogens (tertiary/aromatic N) is 4. The lowest BCUT2D eigenvalue weighted by atomic mass is 10.3. The molecule has 0 radical (unpaired) electrons. The van der Waals surface area contributed by atoms with Crippen molar-refractivity contribution in [1.29, 1.82) is 5.26 Å². The third-order valence-electron chi connectivity index (χ3n) is 2.25. The zero-order valence-electron chi connectivity index (χ0n) is 10.5. The molecule has 1 heterocycles. The molecule has 0 bridgehead atoms. The number of alkyl halides is 3. The van der Waals surface area contributed by atoms with E-state index >= 15 is 0 Å². The van der Waals surface area contributed by atoms with Gasteiger partial charge in [-0.05, 0) is 39.3 Å². The fourth-order valence-electron chi connectivity index (χ4n) is 1.38. The summed E-state index contributed by atoms with van der Waals surface area (Å²) in [5.41, 5.74) is 0.516. The molecule has 0 saturated heterocycles. The van der Waals surface area contributed by atoms with Crippen LogP contribution in [0.3, 0.4) is 0 Å². The number of ether oxygens (including phenoxy) is 1. The number of nitrogens with one attached hydrogen (secondary N) is 2. The van der Waals surface area contributed by atoms with Crippen LogP contribution < -0.4 is 10.1 Å². The van der Waals surface area contributed by atoms with E-state index in [2.05, 4.69) is 46.6 Å². The topological polar surface area (TPSA) is 99.5 Å². The summed E-state index contributed by atoms with van der Waals surface area (Å²) in [6, 6.07) is 5.49. The Morgan fingerprint density at radius 2 is 2.23 bits per heavy atom. The van der Waals surface area contributed by atoms with Crippen LogP contribution in [0.15, 0.2) is 28.9 Å². The molecule has 0 aliphatic rings. The normalized spacial score (nSPS) is 11.9.